The van der Waals surface area contributed by atoms with Gasteiger partial charge in [-0.1, -0.05) is 18.2 Å². The lowest BCUT2D eigenvalue weighted by Gasteiger charge is -2.10. The summed E-state index contributed by atoms with van der Waals surface area (Å²) in [4.78, 5) is 0. The first-order valence-corrected chi connectivity index (χ1v) is 5.39. The third-order valence-corrected chi connectivity index (χ3v) is 2.88. The molecule has 0 saturated carbocycles. The van der Waals surface area contributed by atoms with Crippen molar-refractivity contribution in [2.45, 2.75) is 26.9 Å². The van der Waals surface area contributed by atoms with Gasteiger partial charge in [0, 0.05) is 0 Å². The van der Waals surface area contributed by atoms with E-state index in [4.69, 9.17) is 4.42 Å². The maximum atomic E-state index is 10.1. The fraction of sp³-hybridized carbons (Fsp3) is 0.286. The van der Waals surface area contributed by atoms with Crippen LogP contribution in [-0.4, -0.2) is 5.11 Å². The van der Waals surface area contributed by atoms with E-state index in [-0.39, 0.29) is 0 Å². The lowest BCUT2D eigenvalue weighted by molar-refractivity contribution is 0.187. The Labute approximate surface area is 95.5 Å². The van der Waals surface area contributed by atoms with E-state index in [2.05, 4.69) is 6.92 Å². The number of benzene rings is 1. The van der Waals surface area contributed by atoms with Crippen LogP contribution in [0, 0.1) is 20.8 Å². The second-order valence-corrected chi connectivity index (χ2v) is 4.19. The van der Waals surface area contributed by atoms with Crippen molar-refractivity contribution in [2.24, 2.45) is 0 Å². The zero-order valence-corrected chi connectivity index (χ0v) is 9.82. The molecule has 1 N–H and O–H groups in total. The molecular formula is C14H16O2. The first-order chi connectivity index (χ1) is 7.58. The van der Waals surface area contributed by atoms with Crippen molar-refractivity contribution < 1.29 is 9.52 Å². The average Bonchev–Trinajstić information content (AvgIpc) is 2.68. The Morgan fingerprint density at radius 2 is 1.75 bits per heavy atom. The quantitative estimate of drug-likeness (QED) is 0.835. The summed E-state index contributed by atoms with van der Waals surface area (Å²) in [6, 6.07) is 9.63. The van der Waals surface area contributed by atoms with Crippen LogP contribution in [-0.2, 0) is 0 Å². The van der Waals surface area contributed by atoms with Crippen LogP contribution >= 0.6 is 0 Å². The fourth-order valence-electron chi connectivity index (χ4n) is 1.70. The second kappa shape index (κ2) is 4.14. The number of aliphatic hydroxyl groups is 1. The van der Waals surface area contributed by atoms with Crippen molar-refractivity contribution in [3.63, 3.8) is 0 Å². The van der Waals surface area contributed by atoms with Gasteiger partial charge in [-0.3, -0.25) is 0 Å². The minimum atomic E-state index is -0.673. The van der Waals surface area contributed by atoms with Gasteiger partial charge in [-0.05, 0) is 49.6 Å². The Bertz CT molecular complexity index is 497. The van der Waals surface area contributed by atoms with Crippen LogP contribution in [0.25, 0.3) is 0 Å². The molecule has 1 aromatic heterocycles. The second-order valence-electron chi connectivity index (χ2n) is 4.19. The van der Waals surface area contributed by atoms with E-state index >= 15 is 0 Å². The zero-order valence-electron chi connectivity index (χ0n) is 9.82. The summed E-state index contributed by atoms with van der Waals surface area (Å²) in [7, 11) is 0. The summed E-state index contributed by atoms with van der Waals surface area (Å²) >= 11 is 0. The normalized spacial score (nSPS) is 12.8. The Balaban J connectivity index is 2.33. The SMILES string of the molecule is Cc1ccc([C@H](O)c2ccc(C)c(C)c2)o1. The molecule has 0 aliphatic heterocycles. The summed E-state index contributed by atoms with van der Waals surface area (Å²) < 4.78 is 5.42. The number of furan rings is 1. The van der Waals surface area contributed by atoms with Gasteiger partial charge in [-0.15, -0.1) is 0 Å². The van der Waals surface area contributed by atoms with E-state index < -0.39 is 6.10 Å². The smallest absolute Gasteiger partial charge is 0.137 e. The van der Waals surface area contributed by atoms with Gasteiger partial charge in [0.1, 0.15) is 17.6 Å². The molecule has 84 valence electrons. The predicted octanol–water partition coefficient (Wildman–Crippen LogP) is 3.29. The molecule has 2 heteroatoms. The Kier molecular flexibility index (Phi) is 2.84. The fourth-order valence-corrected chi connectivity index (χ4v) is 1.70. The number of aliphatic hydroxyl groups excluding tert-OH is 1. The van der Waals surface area contributed by atoms with E-state index in [0.29, 0.717) is 5.76 Å². The number of aryl methyl sites for hydroxylation is 3. The highest BCUT2D eigenvalue weighted by Gasteiger charge is 2.14. The molecule has 0 saturated heterocycles. The van der Waals surface area contributed by atoms with E-state index in [1.165, 1.54) is 11.1 Å². The first-order valence-electron chi connectivity index (χ1n) is 5.39. The molecule has 2 nitrogen and oxygen atoms in total. The van der Waals surface area contributed by atoms with Crippen LogP contribution in [0.5, 0.6) is 0 Å². The summed E-state index contributed by atoms with van der Waals surface area (Å²) in [5, 5.41) is 10.1. The van der Waals surface area contributed by atoms with E-state index in [0.717, 1.165) is 11.3 Å². The van der Waals surface area contributed by atoms with Crippen LogP contribution in [0.4, 0.5) is 0 Å². The lowest BCUT2D eigenvalue weighted by Crippen LogP contribution is -1.98. The maximum absolute atomic E-state index is 10.1. The van der Waals surface area contributed by atoms with Crippen molar-refractivity contribution in [2.75, 3.05) is 0 Å². The first kappa shape index (κ1) is 11.0. The van der Waals surface area contributed by atoms with E-state index in [1.54, 1.807) is 0 Å². The molecule has 16 heavy (non-hydrogen) atoms. The standard InChI is InChI=1S/C14H16O2/c1-9-4-6-12(8-10(9)2)14(15)13-7-5-11(3)16-13/h4-8,14-15H,1-3H3/t14-/m1/s1. The predicted molar refractivity (Wildman–Crippen MR) is 63.4 cm³/mol. The number of hydrogen-bond acceptors (Lipinski definition) is 2. The van der Waals surface area contributed by atoms with Gasteiger partial charge in [-0.2, -0.15) is 0 Å². The average molecular weight is 216 g/mol. The summed E-state index contributed by atoms with van der Waals surface area (Å²) in [6.45, 7) is 5.97. The molecule has 2 rings (SSSR count). The van der Waals surface area contributed by atoms with Crippen molar-refractivity contribution in [3.8, 4) is 0 Å². The molecule has 0 amide bonds. The van der Waals surface area contributed by atoms with E-state index in [1.807, 2.05) is 44.2 Å². The third kappa shape index (κ3) is 2.02. The van der Waals surface area contributed by atoms with Gasteiger partial charge in [0.25, 0.3) is 0 Å². The number of rotatable bonds is 2. The monoisotopic (exact) mass is 216 g/mol. The van der Waals surface area contributed by atoms with Gasteiger partial charge in [0.05, 0.1) is 0 Å². The molecule has 1 aromatic carbocycles. The van der Waals surface area contributed by atoms with Crippen molar-refractivity contribution in [1.82, 2.24) is 0 Å². The Morgan fingerprint density at radius 3 is 2.31 bits per heavy atom. The summed E-state index contributed by atoms with van der Waals surface area (Å²) in [5.74, 6) is 1.42. The molecule has 1 atom stereocenters. The molecule has 1 heterocycles. The van der Waals surface area contributed by atoms with Crippen molar-refractivity contribution >= 4 is 0 Å². The molecule has 0 spiro atoms. The molecule has 0 fully saturated rings. The molecule has 0 unspecified atom stereocenters. The van der Waals surface area contributed by atoms with E-state index in [9.17, 15) is 5.11 Å². The lowest BCUT2D eigenvalue weighted by atomic mass is 10.0. The van der Waals surface area contributed by atoms with Gasteiger partial charge in [-0.25, -0.2) is 0 Å². The third-order valence-electron chi connectivity index (χ3n) is 2.88. The zero-order chi connectivity index (χ0) is 11.7. The minimum absolute atomic E-state index is 0.598. The molecule has 0 aliphatic carbocycles. The molecule has 0 aliphatic rings. The van der Waals surface area contributed by atoms with Crippen LogP contribution < -0.4 is 0 Å². The highest BCUT2D eigenvalue weighted by molar-refractivity contribution is 5.33. The molecule has 0 radical (unpaired) electrons. The summed E-state index contributed by atoms with van der Waals surface area (Å²) in [5.41, 5.74) is 3.28. The van der Waals surface area contributed by atoms with Crippen LogP contribution in [0.1, 0.15) is 34.3 Å². The topological polar surface area (TPSA) is 33.4 Å². The molecular weight excluding hydrogens is 200 g/mol. The Hall–Kier alpha value is -1.54. The maximum Gasteiger partial charge on any atom is 0.137 e. The molecule has 2 aromatic rings. The van der Waals surface area contributed by atoms with Gasteiger partial charge in [0.2, 0.25) is 0 Å². The van der Waals surface area contributed by atoms with Gasteiger partial charge < -0.3 is 9.52 Å². The number of hydrogen-bond donors (Lipinski definition) is 1. The largest absolute Gasteiger partial charge is 0.463 e. The highest BCUT2D eigenvalue weighted by atomic mass is 16.4. The van der Waals surface area contributed by atoms with Gasteiger partial charge in [0.15, 0.2) is 0 Å². The highest BCUT2D eigenvalue weighted by Crippen LogP contribution is 2.25. The van der Waals surface area contributed by atoms with Gasteiger partial charge >= 0.3 is 0 Å². The van der Waals surface area contributed by atoms with Crippen molar-refractivity contribution in [3.05, 3.63) is 58.5 Å². The minimum Gasteiger partial charge on any atom is -0.463 e. The Morgan fingerprint density at radius 1 is 1.00 bits per heavy atom. The van der Waals surface area contributed by atoms with Crippen molar-refractivity contribution in [1.29, 1.82) is 0 Å². The molecule has 0 bridgehead atoms. The van der Waals surface area contributed by atoms with Crippen LogP contribution in [0.15, 0.2) is 34.7 Å². The summed E-state index contributed by atoms with van der Waals surface area (Å²) in [6.07, 6.45) is -0.673. The van der Waals surface area contributed by atoms with Crippen LogP contribution in [0.2, 0.25) is 0 Å². The van der Waals surface area contributed by atoms with Crippen LogP contribution in [0.3, 0.4) is 0 Å².